The second-order valence-electron chi connectivity index (χ2n) is 6.89. The van der Waals surface area contributed by atoms with Crippen molar-refractivity contribution in [1.29, 1.82) is 0 Å². The zero-order valence-corrected chi connectivity index (χ0v) is 19.2. The summed E-state index contributed by atoms with van der Waals surface area (Å²) in [5.74, 6) is 0.680. The van der Waals surface area contributed by atoms with Crippen LogP contribution in [0.4, 0.5) is 5.69 Å². The molecule has 2 heterocycles. The van der Waals surface area contributed by atoms with E-state index in [2.05, 4.69) is 15.3 Å². The zero-order chi connectivity index (χ0) is 22.1. The van der Waals surface area contributed by atoms with Crippen molar-refractivity contribution in [3.8, 4) is 17.1 Å². The molecule has 0 fully saturated rings. The number of aryl methyl sites for hydroxylation is 1. The summed E-state index contributed by atoms with van der Waals surface area (Å²) < 4.78 is 29.1. The smallest absolute Gasteiger partial charge is 0.265 e. The lowest BCUT2D eigenvalue weighted by Gasteiger charge is -2.08. The maximum absolute atomic E-state index is 12.7. The Kier molecular flexibility index (Phi) is 6.44. The van der Waals surface area contributed by atoms with Crippen LogP contribution in [-0.2, 0) is 9.84 Å². The van der Waals surface area contributed by atoms with Crippen LogP contribution in [0.5, 0.6) is 5.75 Å². The maximum Gasteiger partial charge on any atom is 0.265 e. The van der Waals surface area contributed by atoms with E-state index in [1.165, 1.54) is 29.5 Å². The van der Waals surface area contributed by atoms with E-state index in [-0.39, 0.29) is 21.9 Å². The Balaban J connectivity index is 1.83. The van der Waals surface area contributed by atoms with E-state index in [9.17, 15) is 13.2 Å². The summed E-state index contributed by atoms with van der Waals surface area (Å²) in [4.78, 5) is 22.7. The van der Waals surface area contributed by atoms with Crippen molar-refractivity contribution in [2.45, 2.75) is 31.8 Å². The minimum absolute atomic E-state index is 0.0207. The van der Waals surface area contributed by atoms with Gasteiger partial charge in [0, 0.05) is 27.4 Å². The number of nitrogens with zero attached hydrogens (tertiary/aromatic N) is 2. The molecule has 0 spiro atoms. The molecule has 1 aromatic carbocycles. The van der Waals surface area contributed by atoms with Crippen LogP contribution in [0.3, 0.4) is 0 Å². The average molecular weight is 466 g/mol. The third-order valence-corrected chi connectivity index (χ3v) is 6.30. The Hall–Kier alpha value is -2.49. The highest BCUT2D eigenvalue weighted by Gasteiger charge is 2.17. The number of thiophene rings is 1. The third kappa shape index (κ3) is 5.35. The van der Waals surface area contributed by atoms with Gasteiger partial charge in [0.2, 0.25) is 0 Å². The van der Waals surface area contributed by atoms with Gasteiger partial charge in [-0.05, 0) is 45.0 Å². The van der Waals surface area contributed by atoms with Gasteiger partial charge in [-0.2, -0.15) is 0 Å². The standard InChI is InChI=1S/C20H20ClN3O4S2/c1-11(2)28-15-9-22-19(23-10-15)17-8-18(29-12(17)3)20(25)24-14-5-13(21)6-16(7-14)30(4,26)27/h5-11H,1-4H3,(H,24,25). The molecule has 0 saturated carbocycles. The van der Waals surface area contributed by atoms with Gasteiger partial charge in [0.25, 0.3) is 5.91 Å². The molecule has 0 radical (unpaired) electrons. The average Bonchev–Trinajstić information content (AvgIpc) is 3.02. The molecule has 0 atom stereocenters. The molecule has 0 saturated heterocycles. The summed E-state index contributed by atoms with van der Waals surface area (Å²) in [6.07, 6.45) is 4.29. The molecule has 0 aliphatic rings. The van der Waals surface area contributed by atoms with Crippen molar-refractivity contribution in [1.82, 2.24) is 9.97 Å². The van der Waals surface area contributed by atoms with Crippen LogP contribution in [0.2, 0.25) is 5.02 Å². The van der Waals surface area contributed by atoms with E-state index in [0.29, 0.717) is 22.1 Å². The third-order valence-electron chi connectivity index (χ3n) is 3.94. The molecule has 0 unspecified atom stereocenters. The van der Waals surface area contributed by atoms with Crippen LogP contribution in [0.1, 0.15) is 28.4 Å². The second-order valence-corrected chi connectivity index (χ2v) is 10.6. The normalized spacial score (nSPS) is 11.5. The maximum atomic E-state index is 12.7. The first-order valence-corrected chi connectivity index (χ1v) is 12.0. The van der Waals surface area contributed by atoms with Gasteiger partial charge in [0.1, 0.15) is 0 Å². The number of rotatable bonds is 6. The lowest BCUT2D eigenvalue weighted by Crippen LogP contribution is -2.11. The molecule has 30 heavy (non-hydrogen) atoms. The fourth-order valence-corrected chi connectivity index (χ4v) is 4.54. The quantitative estimate of drug-likeness (QED) is 0.570. The SMILES string of the molecule is Cc1sc(C(=O)Nc2cc(Cl)cc(S(C)(=O)=O)c2)cc1-c1ncc(OC(C)C)cn1. The Morgan fingerprint density at radius 2 is 1.83 bits per heavy atom. The fourth-order valence-electron chi connectivity index (χ4n) is 2.65. The van der Waals surface area contributed by atoms with Crippen LogP contribution in [-0.4, -0.2) is 36.7 Å². The number of carbonyl (C=O) groups is 1. The number of halogens is 1. The number of ether oxygens (including phenoxy) is 1. The van der Waals surface area contributed by atoms with E-state index < -0.39 is 9.84 Å². The van der Waals surface area contributed by atoms with Crippen LogP contribution in [0.15, 0.2) is 41.6 Å². The summed E-state index contributed by atoms with van der Waals surface area (Å²) in [5, 5.41) is 2.91. The number of aromatic nitrogens is 2. The minimum Gasteiger partial charge on any atom is -0.488 e. The van der Waals surface area contributed by atoms with Crippen molar-refractivity contribution in [2.75, 3.05) is 11.6 Å². The summed E-state index contributed by atoms with van der Waals surface area (Å²) in [6, 6.07) is 5.91. The van der Waals surface area contributed by atoms with E-state index in [1.807, 2.05) is 20.8 Å². The molecule has 0 aliphatic carbocycles. The number of hydrogen-bond acceptors (Lipinski definition) is 7. The monoisotopic (exact) mass is 465 g/mol. The molecule has 1 N–H and O–H groups in total. The van der Waals surface area contributed by atoms with Crippen LogP contribution in [0, 0.1) is 6.92 Å². The van der Waals surface area contributed by atoms with Crippen molar-refractivity contribution in [3.05, 3.63) is 51.4 Å². The number of hydrogen-bond donors (Lipinski definition) is 1. The number of sulfone groups is 1. The number of anilines is 1. The molecule has 0 aliphatic heterocycles. The lowest BCUT2D eigenvalue weighted by molar-refractivity contribution is 0.103. The predicted molar refractivity (Wildman–Crippen MR) is 118 cm³/mol. The van der Waals surface area contributed by atoms with Crippen molar-refractivity contribution >= 4 is 44.4 Å². The number of amides is 1. The summed E-state index contributed by atoms with van der Waals surface area (Å²) >= 11 is 7.29. The highest BCUT2D eigenvalue weighted by molar-refractivity contribution is 7.90. The van der Waals surface area contributed by atoms with Gasteiger partial charge in [0.15, 0.2) is 21.4 Å². The number of carbonyl (C=O) groups excluding carboxylic acids is 1. The largest absolute Gasteiger partial charge is 0.488 e. The highest BCUT2D eigenvalue weighted by atomic mass is 35.5. The van der Waals surface area contributed by atoms with Gasteiger partial charge in [-0.15, -0.1) is 11.3 Å². The molecule has 3 rings (SSSR count). The predicted octanol–water partition coefficient (Wildman–Crippen LogP) is 4.61. The first-order chi connectivity index (χ1) is 14.0. The molecule has 1 amide bonds. The Labute approximate surface area is 184 Å². The highest BCUT2D eigenvalue weighted by Crippen LogP contribution is 2.30. The Bertz CT molecular complexity index is 1190. The lowest BCUT2D eigenvalue weighted by atomic mass is 10.2. The topological polar surface area (TPSA) is 98.2 Å². The zero-order valence-electron chi connectivity index (χ0n) is 16.8. The summed E-state index contributed by atoms with van der Waals surface area (Å²) in [6.45, 7) is 5.71. The summed E-state index contributed by atoms with van der Waals surface area (Å²) in [5.41, 5.74) is 1.04. The number of benzene rings is 1. The molecule has 0 bridgehead atoms. The van der Waals surface area contributed by atoms with Crippen molar-refractivity contribution in [3.63, 3.8) is 0 Å². The van der Waals surface area contributed by atoms with Gasteiger partial charge in [0.05, 0.1) is 28.3 Å². The van der Waals surface area contributed by atoms with Crippen LogP contribution < -0.4 is 10.1 Å². The van der Waals surface area contributed by atoms with E-state index in [0.717, 1.165) is 16.7 Å². The first kappa shape index (κ1) is 22.2. The molecule has 158 valence electrons. The van der Waals surface area contributed by atoms with Crippen LogP contribution in [0.25, 0.3) is 11.4 Å². The van der Waals surface area contributed by atoms with Gasteiger partial charge in [-0.25, -0.2) is 18.4 Å². The molecule has 3 aromatic rings. The first-order valence-electron chi connectivity index (χ1n) is 8.94. The Morgan fingerprint density at radius 1 is 1.17 bits per heavy atom. The van der Waals surface area contributed by atoms with Gasteiger partial charge >= 0.3 is 0 Å². The second kappa shape index (κ2) is 8.71. The fraction of sp³-hybridized carbons (Fsp3) is 0.250. The van der Waals surface area contributed by atoms with E-state index >= 15 is 0 Å². The molecular weight excluding hydrogens is 446 g/mol. The van der Waals surface area contributed by atoms with E-state index in [1.54, 1.807) is 18.5 Å². The van der Waals surface area contributed by atoms with Crippen molar-refractivity contribution < 1.29 is 17.9 Å². The molecule has 2 aromatic heterocycles. The van der Waals surface area contributed by atoms with Gasteiger partial charge in [-0.3, -0.25) is 4.79 Å². The summed E-state index contributed by atoms with van der Waals surface area (Å²) in [7, 11) is -3.46. The van der Waals surface area contributed by atoms with Gasteiger partial charge < -0.3 is 10.1 Å². The molecular formula is C20H20ClN3O4S2. The molecule has 10 heteroatoms. The van der Waals surface area contributed by atoms with Crippen molar-refractivity contribution in [2.24, 2.45) is 0 Å². The van der Waals surface area contributed by atoms with Gasteiger partial charge in [-0.1, -0.05) is 11.6 Å². The van der Waals surface area contributed by atoms with Crippen LogP contribution >= 0.6 is 22.9 Å². The Morgan fingerprint density at radius 3 is 2.43 bits per heavy atom. The van der Waals surface area contributed by atoms with E-state index in [4.69, 9.17) is 16.3 Å². The molecule has 7 nitrogen and oxygen atoms in total. The number of nitrogens with one attached hydrogen (secondary N) is 1. The minimum atomic E-state index is -3.46.